The van der Waals surface area contributed by atoms with E-state index in [2.05, 4.69) is 108 Å². The van der Waals surface area contributed by atoms with Crippen molar-refractivity contribution in [1.82, 2.24) is 0 Å². The largest absolute Gasteiger partial charge is 0.465 e. The lowest BCUT2D eigenvalue weighted by Gasteiger charge is -2.39. The monoisotopic (exact) mass is 778 g/mol. The van der Waals surface area contributed by atoms with E-state index < -0.39 is 0 Å². The summed E-state index contributed by atoms with van der Waals surface area (Å²) in [7, 11) is 0. The average Bonchev–Trinajstić information content (AvgIpc) is 4.06. The van der Waals surface area contributed by atoms with E-state index in [-0.39, 0.29) is 34.1 Å². The van der Waals surface area contributed by atoms with Crippen molar-refractivity contribution in [3.63, 3.8) is 0 Å². The van der Waals surface area contributed by atoms with E-state index in [9.17, 15) is 4.79 Å². The summed E-state index contributed by atoms with van der Waals surface area (Å²) in [6.07, 6.45) is 8.24. The molecular formula is C57H30O2S. The molecule has 0 N–H and O–H groups in total. The normalized spacial score (nSPS) is 26.2. The van der Waals surface area contributed by atoms with Crippen LogP contribution in [0.25, 0.3) is 113 Å². The Labute approximate surface area is 345 Å². The maximum Gasteiger partial charge on any atom is 0.305 e. The van der Waals surface area contributed by atoms with Gasteiger partial charge in [-0.05, 0) is 182 Å². The second-order valence-corrected chi connectivity index (χ2v) is 20.4. The van der Waals surface area contributed by atoms with Gasteiger partial charge in [-0.1, -0.05) is 91.0 Å². The molecule has 6 aliphatic rings. The molecule has 0 aliphatic heterocycles. The molecule has 0 radical (unpaired) electrons. The summed E-state index contributed by atoms with van der Waals surface area (Å²) < 4.78 is 5.97. The summed E-state index contributed by atoms with van der Waals surface area (Å²) in [5.41, 5.74) is 10.1. The molecule has 3 heteroatoms. The molecule has 276 valence electrons. The number of allylic oxidation sites excluding steroid dienone is 2. The molecule has 0 saturated heterocycles. The number of rotatable bonds is 8. The number of ether oxygens (including phenoxy) is 1. The van der Waals surface area contributed by atoms with Crippen molar-refractivity contribution in [1.29, 1.82) is 0 Å². The molecular weight excluding hydrogens is 749 g/mol. The van der Waals surface area contributed by atoms with Gasteiger partial charge in [0.15, 0.2) is 0 Å². The van der Waals surface area contributed by atoms with Crippen molar-refractivity contribution in [2.24, 2.45) is 5.41 Å². The highest BCUT2D eigenvalue weighted by molar-refractivity contribution is 7.08. The van der Waals surface area contributed by atoms with Crippen molar-refractivity contribution >= 4 is 131 Å². The molecule has 60 heavy (non-hydrogen) atoms. The highest BCUT2D eigenvalue weighted by Crippen LogP contribution is 2.98. The second-order valence-electron chi connectivity index (χ2n) is 19.7. The van der Waals surface area contributed by atoms with Gasteiger partial charge in [-0.25, -0.2) is 0 Å². The van der Waals surface area contributed by atoms with Crippen molar-refractivity contribution in [3.8, 4) is 0 Å². The first kappa shape index (κ1) is 29.0. The van der Waals surface area contributed by atoms with E-state index in [4.69, 9.17) is 4.74 Å². The topological polar surface area (TPSA) is 26.3 Å². The third-order valence-electron chi connectivity index (χ3n) is 18.5. The van der Waals surface area contributed by atoms with E-state index in [0.717, 1.165) is 19.3 Å². The van der Waals surface area contributed by atoms with E-state index in [1.165, 1.54) is 81.2 Å². The van der Waals surface area contributed by atoms with E-state index in [1.54, 1.807) is 82.1 Å². The zero-order valence-electron chi connectivity index (χ0n) is 32.3. The first-order valence-corrected chi connectivity index (χ1v) is 23.0. The highest BCUT2D eigenvalue weighted by atomic mass is 32.1. The van der Waals surface area contributed by atoms with Crippen molar-refractivity contribution < 1.29 is 9.53 Å². The number of hydrogen-bond donors (Lipinski definition) is 0. The van der Waals surface area contributed by atoms with Gasteiger partial charge in [-0.15, -0.1) is 0 Å². The summed E-state index contributed by atoms with van der Waals surface area (Å²) in [6, 6.07) is 33.9. The van der Waals surface area contributed by atoms with Gasteiger partial charge in [0.25, 0.3) is 0 Å². The average molecular weight is 779 g/mol. The van der Waals surface area contributed by atoms with Gasteiger partial charge in [0.05, 0.1) is 6.61 Å². The van der Waals surface area contributed by atoms with Crippen LogP contribution in [0.1, 0.15) is 64.5 Å². The van der Waals surface area contributed by atoms with Crippen molar-refractivity contribution in [2.45, 2.75) is 48.3 Å². The molecule has 19 rings (SSSR count). The Morgan fingerprint density at radius 3 is 2.00 bits per heavy atom. The molecule has 0 bridgehead atoms. The van der Waals surface area contributed by atoms with Crippen LogP contribution in [-0.2, 0) is 26.8 Å². The molecule has 5 atom stereocenters. The lowest BCUT2D eigenvalue weighted by Crippen LogP contribution is -2.31. The molecule has 0 amide bonds. The van der Waals surface area contributed by atoms with Gasteiger partial charge < -0.3 is 4.74 Å². The fourth-order valence-corrected chi connectivity index (χ4v) is 18.2. The standard InChI is InChI=1S/C57H30O2S/c58-36(59-21-18-24-19-22-60-23-24)7-4-20-55(25-5-2-1-3-6-25)56-34-16-17-35-33-15-13-31-29-11-9-27-26-8-10-28-30-12-14-32(34)43-41(30)46-39(28)37(26)45-38(27)40(29)47-42(31)44(33)54(57(35,55)56)52-50(47)48(45)49(46)51(52)53(43)56/h1-3,5-6,8-17,19,22-23,34,54H,4,7,18,20-21H2. The minimum Gasteiger partial charge on any atom is -0.465 e. The summed E-state index contributed by atoms with van der Waals surface area (Å²) >= 11 is 1.70. The van der Waals surface area contributed by atoms with Gasteiger partial charge in [0.2, 0.25) is 0 Å². The molecule has 6 aliphatic carbocycles. The first-order valence-electron chi connectivity index (χ1n) is 22.1. The Balaban J connectivity index is 1.01. The maximum absolute atomic E-state index is 13.7. The van der Waals surface area contributed by atoms with Crippen LogP contribution in [0.2, 0.25) is 0 Å². The van der Waals surface area contributed by atoms with Gasteiger partial charge in [0, 0.05) is 40.9 Å². The quantitative estimate of drug-likeness (QED) is 0.113. The third kappa shape index (κ3) is 2.28. The Morgan fingerprint density at radius 1 is 0.617 bits per heavy atom. The third-order valence-corrected chi connectivity index (χ3v) is 19.3. The van der Waals surface area contributed by atoms with Crippen LogP contribution >= 0.6 is 11.3 Å². The molecule has 1 heterocycles. The van der Waals surface area contributed by atoms with Crippen LogP contribution < -0.4 is 5.22 Å². The van der Waals surface area contributed by atoms with E-state index in [1.807, 2.05) is 0 Å². The summed E-state index contributed by atoms with van der Waals surface area (Å²) in [6.45, 7) is 0.443. The Morgan fingerprint density at radius 2 is 1.27 bits per heavy atom. The fraction of sp³-hybridized carbons (Fsp3) is 0.175. The van der Waals surface area contributed by atoms with Crippen LogP contribution in [0, 0.1) is 5.41 Å². The molecule has 1 aromatic heterocycles. The van der Waals surface area contributed by atoms with Gasteiger partial charge in [-0.2, -0.15) is 11.3 Å². The number of benzene rings is 8. The summed E-state index contributed by atoms with van der Waals surface area (Å²) in [4.78, 5) is 13.7. The summed E-state index contributed by atoms with van der Waals surface area (Å²) in [5.74, 6) is 0.438. The maximum atomic E-state index is 13.7. The second kappa shape index (κ2) is 8.38. The zero-order chi connectivity index (χ0) is 38.1. The lowest BCUT2D eigenvalue weighted by molar-refractivity contribution is -0.143. The smallest absolute Gasteiger partial charge is 0.305 e. The minimum atomic E-state index is -0.225. The molecule has 2 spiro atoms. The molecule has 1 fully saturated rings. The number of thiophene rings is 1. The molecule has 1 saturated carbocycles. The van der Waals surface area contributed by atoms with Gasteiger partial charge in [0.1, 0.15) is 0 Å². The van der Waals surface area contributed by atoms with Gasteiger partial charge >= 0.3 is 5.97 Å². The number of esters is 1. The lowest BCUT2D eigenvalue weighted by atomic mass is 9.62. The van der Waals surface area contributed by atoms with Crippen LogP contribution in [0.15, 0.2) is 108 Å². The van der Waals surface area contributed by atoms with Crippen LogP contribution in [-0.4, -0.2) is 12.6 Å². The number of carbonyl (C=O) groups is 1. The van der Waals surface area contributed by atoms with Crippen LogP contribution in [0.4, 0.5) is 0 Å². The first-order chi connectivity index (χ1) is 29.7. The van der Waals surface area contributed by atoms with Gasteiger partial charge in [-0.3, -0.25) is 4.79 Å². The predicted molar refractivity (Wildman–Crippen MR) is 246 cm³/mol. The Kier molecular flexibility index (Phi) is 4.05. The Bertz CT molecular complexity index is 4320. The number of carbonyl (C=O) groups excluding carboxylic acids is 1. The minimum absolute atomic E-state index is 0.0628. The van der Waals surface area contributed by atoms with Crippen LogP contribution in [0.3, 0.4) is 0 Å². The van der Waals surface area contributed by atoms with E-state index in [0.29, 0.717) is 13.0 Å². The van der Waals surface area contributed by atoms with Crippen LogP contribution in [0.5, 0.6) is 0 Å². The molecule has 2 nitrogen and oxygen atoms in total. The predicted octanol–water partition coefficient (Wildman–Crippen LogP) is 13.0. The number of hydrogen-bond acceptors (Lipinski definition) is 3. The van der Waals surface area contributed by atoms with Crippen molar-refractivity contribution in [2.75, 3.05) is 6.61 Å². The summed E-state index contributed by atoms with van der Waals surface area (Å²) in [5, 5.41) is 36.1. The van der Waals surface area contributed by atoms with Crippen molar-refractivity contribution in [3.05, 3.63) is 146 Å². The molecule has 12 aromatic carbocycles. The SMILES string of the molecule is O=C(CCCC1(c2ccccc2)C23C4=c5ccc6c7ccc8c9ccc%10c%11ccc%12c%13c(c%14c%15c%16c(c6c5C%152)c7c8c2c9c%10c(c%13%11)c%14c%162)C13C%12C=C4)OCCc1ccsc1. The van der Waals surface area contributed by atoms with E-state index >= 15 is 0 Å². The molecule has 13 aromatic rings. The molecule has 5 unspecified atom stereocenters. The zero-order valence-corrected chi connectivity index (χ0v) is 33.1. The highest BCUT2D eigenvalue weighted by Gasteiger charge is 2.95. The Hall–Kier alpha value is -6.29. The fourth-order valence-electron chi connectivity index (χ4n) is 17.5. The number of fused-ring (bicyclic) bond motifs is 4.